The second-order valence-electron chi connectivity index (χ2n) is 14.3. The van der Waals surface area contributed by atoms with Crippen molar-refractivity contribution in [2.24, 2.45) is 0 Å². The van der Waals surface area contributed by atoms with Crippen LogP contribution in [0.15, 0.2) is 82.1 Å². The number of aromatic nitrogens is 4. The van der Waals surface area contributed by atoms with Crippen LogP contribution in [-0.2, 0) is 34.3 Å². The van der Waals surface area contributed by atoms with E-state index in [1.54, 1.807) is 51.1 Å². The highest BCUT2D eigenvalue weighted by Gasteiger charge is 2.32. The summed E-state index contributed by atoms with van der Waals surface area (Å²) in [6.07, 6.45) is -3.42. The quantitative estimate of drug-likeness (QED) is 0.121. The number of sulfonamides is 1. The molecule has 0 radical (unpaired) electrons. The number of hydrogen-bond acceptors (Lipinski definition) is 8. The molecule has 6 rings (SSSR count). The Morgan fingerprint density at radius 1 is 1.00 bits per heavy atom. The van der Waals surface area contributed by atoms with Gasteiger partial charge in [-0.25, -0.2) is 40.1 Å². The summed E-state index contributed by atoms with van der Waals surface area (Å²) in [6.45, 7) is 3.49. The Hall–Kier alpha value is -5.20. The molecule has 6 aromatic rings. The van der Waals surface area contributed by atoms with E-state index >= 15 is 0 Å². The van der Waals surface area contributed by atoms with Crippen LogP contribution in [-0.4, -0.2) is 59.2 Å². The minimum absolute atomic E-state index is 0.0558. The Balaban J connectivity index is 1.68. The molecule has 0 aliphatic heterocycles. The Kier molecular flexibility index (Phi) is 12.1. The number of alkyl carbamates (subject to hydrolysis) is 1. The average molecular weight is 908 g/mol. The Morgan fingerprint density at radius 3 is 2.28 bits per heavy atom. The van der Waals surface area contributed by atoms with Gasteiger partial charge >= 0.3 is 6.09 Å². The van der Waals surface area contributed by atoms with Gasteiger partial charge in [0.25, 0.3) is 12.0 Å². The zero-order valence-electron chi connectivity index (χ0n) is 31.6. The molecule has 12 nitrogen and oxygen atoms in total. The zero-order chi connectivity index (χ0) is 42.3. The molecule has 1 atom stereocenters. The van der Waals surface area contributed by atoms with Gasteiger partial charge < -0.3 is 14.8 Å². The van der Waals surface area contributed by atoms with E-state index in [2.05, 4.69) is 26.3 Å². The number of methoxy groups -OCH3 is 1. The van der Waals surface area contributed by atoms with E-state index in [9.17, 15) is 35.6 Å². The Bertz CT molecular complexity index is 2690. The second-order valence-corrected chi connectivity index (χ2v) is 17.5. The number of ether oxygens (including phenoxy) is 2. The van der Waals surface area contributed by atoms with Gasteiger partial charge in [0, 0.05) is 17.0 Å². The monoisotopic (exact) mass is 906 g/mol. The molecular formula is C39H36BrClF4N6O6S. The standard InChI is InChI=1S/C39H36BrClF4N6O6S/c1-39(2,3)57-38(53)47-30(16-22-14-24(42)18-25(43)15-22)35-46-29-17-23(40)8-11-27(29)37(52)51(35)31-13-12-28(41)33-34(31)49(20-32(44)45)48-36(33)50(58(5,54)55)19-21-6-9-26(56-4)10-7-21/h6-15,17-18,30,32H,16,19-20H2,1-5H3,(H,47,53)/t30-/m0/s1. The zero-order valence-corrected chi connectivity index (χ0v) is 34.7. The van der Waals surface area contributed by atoms with E-state index in [0.29, 0.717) is 21.9 Å². The van der Waals surface area contributed by atoms with E-state index in [4.69, 9.17) is 26.1 Å². The Labute approximate surface area is 343 Å². The normalized spacial score (nSPS) is 12.6. The predicted octanol–water partition coefficient (Wildman–Crippen LogP) is 8.48. The summed E-state index contributed by atoms with van der Waals surface area (Å²) in [4.78, 5) is 33.0. The Morgan fingerprint density at radius 2 is 1.67 bits per heavy atom. The van der Waals surface area contributed by atoms with Crippen LogP contribution in [0.3, 0.4) is 0 Å². The molecule has 0 aliphatic rings. The molecule has 2 heterocycles. The number of carbonyl (C=O) groups is 1. The number of nitrogens with one attached hydrogen (secondary N) is 1. The average Bonchev–Trinajstić information content (AvgIpc) is 3.47. The molecule has 0 saturated carbocycles. The lowest BCUT2D eigenvalue weighted by Gasteiger charge is -2.26. The largest absolute Gasteiger partial charge is 0.497 e. The number of fused-ring (bicyclic) bond motifs is 2. The van der Waals surface area contributed by atoms with Crippen molar-refractivity contribution in [3.63, 3.8) is 0 Å². The fourth-order valence-corrected chi connectivity index (χ4v) is 7.78. The van der Waals surface area contributed by atoms with Crippen molar-refractivity contribution in [3.8, 4) is 11.4 Å². The summed E-state index contributed by atoms with van der Waals surface area (Å²) in [6, 6.07) is 15.1. The lowest BCUT2D eigenvalue weighted by atomic mass is 10.0. The smallest absolute Gasteiger partial charge is 0.408 e. The summed E-state index contributed by atoms with van der Waals surface area (Å²) < 4.78 is 99.0. The van der Waals surface area contributed by atoms with E-state index in [-0.39, 0.29) is 62.7 Å². The van der Waals surface area contributed by atoms with Crippen LogP contribution in [0.25, 0.3) is 27.5 Å². The number of alkyl halides is 2. The fraction of sp³-hybridized carbons (Fsp3) is 0.282. The van der Waals surface area contributed by atoms with Crippen molar-refractivity contribution < 1.29 is 40.2 Å². The summed E-state index contributed by atoms with van der Waals surface area (Å²) in [5, 5.41) is 6.92. The molecule has 4 aromatic carbocycles. The molecule has 0 aliphatic carbocycles. The minimum atomic E-state index is -4.19. The number of carbonyl (C=O) groups excluding carboxylic acids is 1. The lowest BCUT2D eigenvalue weighted by Crippen LogP contribution is -2.39. The van der Waals surface area contributed by atoms with Gasteiger partial charge in [-0.2, -0.15) is 5.10 Å². The van der Waals surface area contributed by atoms with Gasteiger partial charge in [0.05, 0.1) is 58.5 Å². The maximum absolute atomic E-state index is 14.8. The summed E-state index contributed by atoms with van der Waals surface area (Å²) in [5.41, 5.74) is -1.37. The molecule has 19 heteroatoms. The van der Waals surface area contributed by atoms with Crippen LogP contribution in [0.4, 0.5) is 28.2 Å². The van der Waals surface area contributed by atoms with Crippen LogP contribution in [0.5, 0.6) is 5.75 Å². The van der Waals surface area contributed by atoms with Crippen LogP contribution >= 0.6 is 27.5 Å². The number of rotatable bonds is 12. The van der Waals surface area contributed by atoms with Crippen molar-refractivity contribution in [2.45, 2.75) is 58.3 Å². The van der Waals surface area contributed by atoms with Gasteiger partial charge in [-0.05, 0) is 86.5 Å². The van der Waals surface area contributed by atoms with E-state index in [1.807, 2.05) is 0 Å². The van der Waals surface area contributed by atoms with Gasteiger partial charge in [-0.3, -0.25) is 14.0 Å². The van der Waals surface area contributed by atoms with Gasteiger partial charge in [-0.15, -0.1) is 0 Å². The third kappa shape index (κ3) is 9.40. The van der Waals surface area contributed by atoms with Crippen LogP contribution in [0.2, 0.25) is 5.02 Å². The lowest BCUT2D eigenvalue weighted by molar-refractivity contribution is 0.0500. The molecule has 0 saturated heterocycles. The third-order valence-electron chi connectivity index (χ3n) is 8.70. The van der Waals surface area contributed by atoms with Crippen molar-refractivity contribution in [1.29, 1.82) is 0 Å². The molecule has 0 spiro atoms. The van der Waals surface area contributed by atoms with Crippen molar-refractivity contribution in [2.75, 3.05) is 17.7 Å². The predicted molar refractivity (Wildman–Crippen MR) is 216 cm³/mol. The maximum atomic E-state index is 14.8. The van der Waals surface area contributed by atoms with Gasteiger partial charge in [-0.1, -0.05) is 39.7 Å². The van der Waals surface area contributed by atoms with E-state index in [1.165, 1.54) is 31.4 Å². The number of amides is 1. The number of hydrogen-bond donors (Lipinski definition) is 1. The van der Waals surface area contributed by atoms with Crippen molar-refractivity contribution in [3.05, 3.63) is 121 Å². The summed E-state index contributed by atoms with van der Waals surface area (Å²) in [7, 11) is -2.72. The molecule has 0 fully saturated rings. The molecule has 306 valence electrons. The van der Waals surface area contributed by atoms with Gasteiger partial charge in [0.2, 0.25) is 10.0 Å². The maximum Gasteiger partial charge on any atom is 0.408 e. The van der Waals surface area contributed by atoms with Crippen molar-refractivity contribution in [1.82, 2.24) is 24.6 Å². The minimum Gasteiger partial charge on any atom is -0.497 e. The van der Waals surface area contributed by atoms with Crippen LogP contribution < -0.4 is 19.9 Å². The third-order valence-corrected chi connectivity index (χ3v) is 10.6. The molecule has 0 bridgehead atoms. The summed E-state index contributed by atoms with van der Waals surface area (Å²) >= 11 is 10.2. The number of halogens is 6. The first-order valence-electron chi connectivity index (χ1n) is 17.5. The molecule has 1 amide bonds. The highest BCUT2D eigenvalue weighted by molar-refractivity contribution is 9.10. The fourth-order valence-electron chi connectivity index (χ4n) is 6.37. The number of anilines is 1. The van der Waals surface area contributed by atoms with Crippen molar-refractivity contribution >= 4 is 71.3 Å². The first kappa shape index (κ1) is 42.4. The number of benzene rings is 4. The first-order valence-corrected chi connectivity index (χ1v) is 20.5. The SMILES string of the molecule is COc1ccc(CN(c2nn(CC(F)F)c3c(-n4c([C@H](Cc5cc(F)cc(F)c5)NC(=O)OC(C)(C)C)nc5cc(Br)ccc5c4=O)ccc(Cl)c23)S(C)(=O)=O)cc1. The highest BCUT2D eigenvalue weighted by atomic mass is 79.9. The molecule has 58 heavy (non-hydrogen) atoms. The van der Waals surface area contributed by atoms with E-state index in [0.717, 1.165) is 31.9 Å². The van der Waals surface area contributed by atoms with Crippen LogP contribution in [0, 0.1) is 11.6 Å². The van der Waals surface area contributed by atoms with Crippen LogP contribution in [0.1, 0.15) is 43.8 Å². The first-order chi connectivity index (χ1) is 27.2. The van der Waals surface area contributed by atoms with Gasteiger partial charge in [0.1, 0.15) is 35.4 Å². The topological polar surface area (TPSA) is 138 Å². The van der Waals surface area contributed by atoms with E-state index < -0.39 is 57.9 Å². The second kappa shape index (κ2) is 16.6. The van der Waals surface area contributed by atoms with Gasteiger partial charge in [0.15, 0.2) is 5.82 Å². The molecule has 2 aromatic heterocycles. The molecular weight excluding hydrogens is 872 g/mol. The highest BCUT2D eigenvalue weighted by Crippen LogP contribution is 2.39. The molecule has 1 N–H and O–H groups in total. The number of nitrogens with zero attached hydrogens (tertiary/aromatic N) is 5. The molecule has 0 unspecified atom stereocenters. The summed E-state index contributed by atoms with van der Waals surface area (Å²) in [5.74, 6) is -1.84.